The molecule has 5 N–H and O–H groups in total. The summed E-state index contributed by atoms with van der Waals surface area (Å²) in [5.41, 5.74) is 4.74. The van der Waals surface area contributed by atoms with Gasteiger partial charge in [0.2, 0.25) is 0 Å². The van der Waals surface area contributed by atoms with Crippen molar-refractivity contribution in [3.8, 4) is 0 Å². The molecule has 12 nitrogen and oxygen atoms in total. The molecule has 2 aliphatic rings. The van der Waals surface area contributed by atoms with Gasteiger partial charge in [-0.15, -0.1) is 11.3 Å². The predicted molar refractivity (Wildman–Crippen MR) is 104 cm³/mol. The van der Waals surface area contributed by atoms with Gasteiger partial charge in [0.25, 0.3) is 11.8 Å². The van der Waals surface area contributed by atoms with Gasteiger partial charge >= 0.3 is 5.97 Å². The summed E-state index contributed by atoms with van der Waals surface area (Å²) < 4.78 is 24.1. The maximum Gasteiger partial charge on any atom is 0.352 e. The fourth-order valence-corrected chi connectivity index (χ4v) is 6.12. The van der Waals surface area contributed by atoms with Gasteiger partial charge in [0, 0.05) is 28.2 Å². The Bertz CT molecular complexity index is 1020. The summed E-state index contributed by atoms with van der Waals surface area (Å²) in [6, 6.07) is -1.28. The highest BCUT2D eigenvalue weighted by molar-refractivity contribution is 7.86. The maximum absolute atomic E-state index is 12.6. The zero-order valence-corrected chi connectivity index (χ0v) is 17.2. The Hall–Kier alpha value is -2.65. The zero-order chi connectivity index (χ0) is 21.5. The van der Waals surface area contributed by atoms with E-state index < -0.39 is 56.5 Å². The SMILES string of the molecule is CS(=O)CC1=C(C(=O)O)N2C(=O)C(NC(=O)C(=NO)c3csc(N)n3)[C@H]2S(=O)C1. The van der Waals surface area contributed by atoms with Crippen LogP contribution in [0.3, 0.4) is 0 Å². The molecule has 15 heteroatoms. The van der Waals surface area contributed by atoms with E-state index in [1.165, 1.54) is 11.6 Å². The summed E-state index contributed by atoms with van der Waals surface area (Å²) in [5, 5.41) is 24.2. The van der Waals surface area contributed by atoms with Crippen LogP contribution in [0.2, 0.25) is 0 Å². The maximum atomic E-state index is 12.6. The average Bonchev–Trinajstić information content (AvgIpc) is 3.05. The number of nitrogen functional groups attached to an aromatic ring is 1. The molecule has 2 aliphatic heterocycles. The number of nitrogens with zero attached hydrogens (tertiary/aromatic N) is 3. The van der Waals surface area contributed by atoms with Crippen LogP contribution < -0.4 is 11.1 Å². The lowest BCUT2D eigenvalue weighted by atomic mass is 10.0. The number of fused-ring (bicyclic) bond motifs is 1. The molecule has 1 aromatic rings. The van der Waals surface area contributed by atoms with Gasteiger partial charge < -0.3 is 21.4 Å². The molecular weight excluding hydrogens is 446 g/mol. The monoisotopic (exact) mass is 461 g/mol. The van der Waals surface area contributed by atoms with Crippen molar-refractivity contribution in [1.29, 1.82) is 0 Å². The fourth-order valence-electron chi connectivity index (χ4n) is 3.03. The fraction of sp³-hybridized carbons (Fsp3) is 0.357. The first-order valence-corrected chi connectivity index (χ1v) is 11.8. The highest BCUT2D eigenvalue weighted by Gasteiger charge is 2.57. The van der Waals surface area contributed by atoms with E-state index >= 15 is 0 Å². The Morgan fingerprint density at radius 3 is 2.76 bits per heavy atom. The number of nitrogens with two attached hydrogens (primary N) is 1. The molecule has 4 atom stereocenters. The van der Waals surface area contributed by atoms with E-state index in [1.54, 1.807) is 0 Å². The first kappa shape index (κ1) is 21.1. The highest BCUT2D eigenvalue weighted by Crippen LogP contribution is 2.35. The van der Waals surface area contributed by atoms with Gasteiger partial charge in [-0.3, -0.25) is 22.9 Å². The first-order chi connectivity index (χ1) is 13.6. The highest BCUT2D eigenvalue weighted by atomic mass is 32.2. The molecule has 3 rings (SSSR count). The van der Waals surface area contributed by atoms with Gasteiger partial charge in [0.15, 0.2) is 10.8 Å². The number of rotatable bonds is 6. The summed E-state index contributed by atoms with van der Waals surface area (Å²) in [4.78, 5) is 41.3. The minimum atomic E-state index is -1.74. The third-order valence-electron chi connectivity index (χ3n) is 4.15. The lowest BCUT2D eigenvalue weighted by Gasteiger charge is -2.49. The van der Waals surface area contributed by atoms with Crippen LogP contribution in [0.5, 0.6) is 0 Å². The number of carbonyl (C=O) groups is 3. The number of hydrogen-bond acceptors (Lipinski definition) is 10. The Kier molecular flexibility index (Phi) is 5.81. The molecule has 156 valence electrons. The Morgan fingerprint density at radius 2 is 2.24 bits per heavy atom. The largest absolute Gasteiger partial charge is 0.477 e. The normalized spacial score (nSPS) is 25.3. The number of carboxylic acids is 1. The van der Waals surface area contributed by atoms with E-state index in [2.05, 4.69) is 15.5 Å². The van der Waals surface area contributed by atoms with Crippen LogP contribution >= 0.6 is 11.3 Å². The van der Waals surface area contributed by atoms with E-state index in [0.29, 0.717) is 0 Å². The van der Waals surface area contributed by atoms with Crippen molar-refractivity contribution < 1.29 is 33.1 Å². The molecule has 3 heterocycles. The molecule has 0 aliphatic carbocycles. The Balaban J connectivity index is 1.85. The van der Waals surface area contributed by atoms with Crippen molar-refractivity contribution in [2.24, 2.45) is 5.16 Å². The van der Waals surface area contributed by atoms with Crippen LogP contribution in [0, 0.1) is 0 Å². The van der Waals surface area contributed by atoms with Crippen LogP contribution in [0.1, 0.15) is 5.69 Å². The second-order valence-corrected chi connectivity index (χ2v) is 9.93. The minimum absolute atomic E-state index is 0.0141. The molecule has 29 heavy (non-hydrogen) atoms. The molecule has 1 fully saturated rings. The number of amides is 2. The minimum Gasteiger partial charge on any atom is -0.477 e. The van der Waals surface area contributed by atoms with E-state index in [0.717, 1.165) is 16.2 Å². The van der Waals surface area contributed by atoms with Gasteiger partial charge in [-0.1, -0.05) is 5.16 Å². The zero-order valence-electron chi connectivity index (χ0n) is 14.7. The number of carboxylic acid groups (broad SMARTS) is 1. The van der Waals surface area contributed by atoms with Crippen LogP contribution in [0.4, 0.5) is 5.13 Å². The molecule has 2 amide bonds. The van der Waals surface area contributed by atoms with Gasteiger partial charge in [0.05, 0.1) is 16.6 Å². The van der Waals surface area contributed by atoms with Crippen LogP contribution in [0.25, 0.3) is 0 Å². The number of oxime groups is 1. The number of carbonyl (C=O) groups excluding carboxylic acids is 2. The molecule has 0 spiro atoms. The third-order valence-corrected chi connectivity index (χ3v) is 7.23. The van der Waals surface area contributed by atoms with E-state index in [4.69, 9.17) is 10.9 Å². The molecular formula is C14H15N5O7S3. The quantitative estimate of drug-likeness (QED) is 0.161. The number of anilines is 1. The number of aliphatic carboxylic acids is 1. The van der Waals surface area contributed by atoms with Crippen LogP contribution in [-0.2, 0) is 36.0 Å². The van der Waals surface area contributed by atoms with Gasteiger partial charge in [-0.05, 0) is 5.57 Å². The average molecular weight is 462 g/mol. The number of aromatic nitrogens is 1. The molecule has 0 saturated carbocycles. The van der Waals surface area contributed by atoms with Crippen molar-refractivity contribution in [3.63, 3.8) is 0 Å². The van der Waals surface area contributed by atoms with Crippen molar-refractivity contribution in [1.82, 2.24) is 15.2 Å². The number of thiazole rings is 1. The van der Waals surface area contributed by atoms with Gasteiger partial charge in [0.1, 0.15) is 22.8 Å². The topological polar surface area (TPSA) is 192 Å². The van der Waals surface area contributed by atoms with E-state index in [9.17, 15) is 27.9 Å². The summed E-state index contributed by atoms with van der Waals surface area (Å²) in [6.45, 7) is 0. The molecule has 3 unspecified atom stereocenters. The summed E-state index contributed by atoms with van der Waals surface area (Å²) in [5.74, 6) is -3.49. The van der Waals surface area contributed by atoms with E-state index in [1.807, 2.05) is 0 Å². The molecule has 0 aromatic carbocycles. The predicted octanol–water partition coefficient (Wildman–Crippen LogP) is -1.96. The standard InChI is InChI=1S/C14H15N5O7S3/c1-28(25)3-5-4-29(26)12-8(11(21)19(12)9(5)13(22)23)17-10(20)7(18-24)6-2-27-14(15)16-6/h2,8,12,24H,3-4H2,1H3,(H2,15,16)(H,17,20)(H,22,23)/t8?,12-,28?,29?/m1/s1. The number of hydrogen-bond donors (Lipinski definition) is 4. The Labute approximate surface area is 172 Å². The van der Waals surface area contributed by atoms with Gasteiger partial charge in [-0.2, -0.15) is 0 Å². The molecule has 1 saturated heterocycles. The van der Waals surface area contributed by atoms with Crippen LogP contribution in [-0.4, -0.2) is 81.3 Å². The lowest BCUT2D eigenvalue weighted by molar-refractivity contribution is -0.150. The van der Waals surface area contributed by atoms with Gasteiger partial charge in [-0.25, -0.2) is 9.78 Å². The van der Waals surface area contributed by atoms with E-state index in [-0.39, 0.29) is 33.6 Å². The lowest BCUT2D eigenvalue weighted by Crippen LogP contribution is -2.74. The van der Waals surface area contributed by atoms with Crippen molar-refractivity contribution in [2.45, 2.75) is 11.4 Å². The summed E-state index contributed by atoms with van der Waals surface area (Å²) >= 11 is 1.01. The molecule has 1 aromatic heterocycles. The van der Waals surface area contributed by atoms with Crippen molar-refractivity contribution in [2.75, 3.05) is 23.5 Å². The first-order valence-electron chi connectivity index (χ1n) is 7.85. The van der Waals surface area contributed by atoms with Crippen molar-refractivity contribution in [3.05, 3.63) is 22.3 Å². The third kappa shape index (κ3) is 3.79. The number of β-lactam (4-membered cyclic amide) rings is 1. The Morgan fingerprint density at radius 1 is 1.55 bits per heavy atom. The second-order valence-electron chi connectivity index (χ2n) is 6.07. The molecule has 0 radical (unpaired) electrons. The molecule has 0 bridgehead atoms. The number of nitrogens with one attached hydrogen (secondary N) is 1. The second kappa shape index (κ2) is 8.00. The summed E-state index contributed by atoms with van der Waals surface area (Å²) in [7, 11) is -3.13. The summed E-state index contributed by atoms with van der Waals surface area (Å²) in [6.07, 6.45) is 1.36. The van der Waals surface area contributed by atoms with Crippen molar-refractivity contribution >= 4 is 61.6 Å². The smallest absolute Gasteiger partial charge is 0.352 e. The van der Waals surface area contributed by atoms with Crippen LogP contribution in [0.15, 0.2) is 21.8 Å².